The van der Waals surface area contributed by atoms with Gasteiger partial charge in [0.15, 0.2) is 12.6 Å². The molecule has 0 radical (unpaired) electrons. The first-order valence-electron chi connectivity index (χ1n) is 35.2. The summed E-state index contributed by atoms with van der Waals surface area (Å²) in [6.45, 7) is 2.19. The number of hydrogen-bond acceptors (Lipinski definition) is 20. The van der Waals surface area contributed by atoms with Crippen molar-refractivity contribution in [2.24, 2.45) is 0 Å². The second kappa shape index (κ2) is 48.8. The average Bonchev–Trinajstić information content (AvgIpc) is 0.766. The van der Waals surface area contributed by atoms with Crippen LogP contribution in [0, 0.1) is 0 Å². The lowest BCUT2D eigenvalue weighted by molar-refractivity contribution is -0.386. The molecule has 3 heterocycles. The Bertz CT molecular complexity index is 1940. The summed E-state index contributed by atoms with van der Waals surface area (Å²) in [5.41, 5.74) is 0. The van der Waals surface area contributed by atoms with Crippen molar-refractivity contribution >= 4 is 17.8 Å². The minimum Gasteiger partial charge on any atom is -0.477 e. The van der Waals surface area contributed by atoms with E-state index in [0.29, 0.717) is 19.3 Å². The molecule has 3 aliphatic heterocycles. The third-order valence-electron chi connectivity index (χ3n) is 17.9. The zero-order chi connectivity index (χ0) is 66.8. The van der Waals surface area contributed by atoms with Gasteiger partial charge >= 0.3 is 5.97 Å². The summed E-state index contributed by atoms with van der Waals surface area (Å²) in [5, 5.41) is 136. The lowest BCUT2D eigenvalue weighted by Gasteiger charge is -2.50. The Hall–Kier alpha value is -2.79. The summed E-state index contributed by atoms with van der Waals surface area (Å²) < 4.78 is 34.8. The van der Waals surface area contributed by atoms with Crippen LogP contribution < -0.4 is 10.6 Å². The molecule has 23 heteroatoms. The first-order chi connectivity index (χ1) is 43.9. The summed E-state index contributed by atoms with van der Waals surface area (Å²) in [6.07, 6.45) is 18.9. The maximum atomic E-state index is 13.5. The highest BCUT2D eigenvalue weighted by Crippen LogP contribution is 2.39. The number of amides is 2. The topological polar surface area (TPSA) is 373 Å². The fourth-order valence-electron chi connectivity index (χ4n) is 12.3. The third kappa shape index (κ3) is 31.3. The smallest absolute Gasteiger partial charge is 0.364 e. The van der Waals surface area contributed by atoms with Crippen LogP contribution in [0.1, 0.15) is 252 Å². The first-order valence-corrected chi connectivity index (χ1v) is 35.2. The number of nitrogens with one attached hydrogen (secondary N) is 2. The molecule has 3 fully saturated rings. The van der Waals surface area contributed by atoms with Crippen molar-refractivity contribution in [3.63, 3.8) is 0 Å². The largest absolute Gasteiger partial charge is 0.477 e. The second-order valence-corrected chi connectivity index (χ2v) is 25.7. The predicted molar refractivity (Wildman–Crippen MR) is 343 cm³/mol. The molecular formula is C68H124N2O21. The lowest BCUT2D eigenvalue weighted by atomic mass is 9.88. The number of carbonyl (C=O) groups is 3. The summed E-state index contributed by atoms with van der Waals surface area (Å²) in [5.74, 6) is -6.11. The van der Waals surface area contributed by atoms with Gasteiger partial charge in [0.2, 0.25) is 11.8 Å². The molecule has 3 rings (SSSR count). The number of rotatable bonds is 53. The van der Waals surface area contributed by atoms with E-state index in [2.05, 4.69) is 48.8 Å². The Morgan fingerprint density at radius 2 is 1.05 bits per heavy atom. The van der Waals surface area contributed by atoms with Gasteiger partial charge in [0.25, 0.3) is 5.79 Å². The highest BCUT2D eigenvalue weighted by Gasteiger charge is 2.60. The van der Waals surface area contributed by atoms with Crippen LogP contribution in [0.15, 0.2) is 24.3 Å². The molecule has 3 aliphatic rings. The van der Waals surface area contributed by atoms with Gasteiger partial charge in [0.05, 0.1) is 50.7 Å². The molecule has 18 unspecified atom stereocenters. The molecule has 18 atom stereocenters. The summed E-state index contributed by atoms with van der Waals surface area (Å²) >= 11 is 0. The maximum Gasteiger partial charge on any atom is 0.364 e. The van der Waals surface area contributed by atoms with Crippen molar-refractivity contribution in [1.29, 1.82) is 0 Å². The molecule has 91 heavy (non-hydrogen) atoms. The van der Waals surface area contributed by atoms with Gasteiger partial charge in [-0.3, -0.25) is 9.59 Å². The third-order valence-corrected chi connectivity index (χ3v) is 17.9. The Morgan fingerprint density at radius 1 is 0.571 bits per heavy atom. The Morgan fingerprint density at radius 3 is 1.54 bits per heavy atom. The summed E-state index contributed by atoms with van der Waals surface area (Å²) in [4.78, 5) is 38.6. The molecule has 2 amide bonds. The Kier molecular flexibility index (Phi) is 44.2. The summed E-state index contributed by atoms with van der Waals surface area (Å²) in [7, 11) is 0. The number of carboxylic acids is 1. The number of carbonyl (C=O) groups excluding carboxylic acids is 2. The molecule has 23 nitrogen and oxygen atoms in total. The van der Waals surface area contributed by atoms with Gasteiger partial charge in [-0.1, -0.05) is 212 Å². The van der Waals surface area contributed by atoms with Crippen LogP contribution in [0.4, 0.5) is 0 Å². The number of hydrogen-bond donors (Lipinski definition) is 14. The summed E-state index contributed by atoms with van der Waals surface area (Å²) in [6, 6.07) is -2.53. The molecule has 0 bridgehead atoms. The lowest BCUT2D eigenvalue weighted by Crippen LogP contribution is -2.70. The highest BCUT2D eigenvalue weighted by molar-refractivity contribution is 5.77. The van der Waals surface area contributed by atoms with Crippen molar-refractivity contribution in [2.45, 2.75) is 362 Å². The van der Waals surface area contributed by atoms with Crippen molar-refractivity contribution in [1.82, 2.24) is 10.6 Å². The molecule has 3 saturated heterocycles. The number of aliphatic carboxylic acids is 1. The van der Waals surface area contributed by atoms with E-state index in [1.165, 1.54) is 116 Å². The van der Waals surface area contributed by atoms with Gasteiger partial charge in [0, 0.05) is 19.8 Å². The molecule has 0 aromatic heterocycles. The standard InChI is InChI=1S/C68H124N2O21/c1-4-6-8-10-12-14-16-18-20-21-22-23-24-25-26-27-28-30-32-34-36-38-40-42-55(78)70-49(50(75)41-39-37-35-33-31-29-19-17-15-13-11-9-7-5-2)47-86-65-60(82)59(81)62(54(46-73)88-65)89-66-61(83)64(58(80)53(45-72)87-66)91-68(67(84)85)43-51(76)56(69-48(3)74)63(90-68)57(79)52(77)44-71/h22-23,25-26,49-54,56-66,71-73,75-77,79-83H,4-21,24,27-47H2,1-3H3,(H,69,74)(H,70,78)(H,84,85)/b23-22-,26-25-. The van der Waals surface area contributed by atoms with E-state index in [0.717, 1.165) is 90.4 Å². The van der Waals surface area contributed by atoms with E-state index in [1.807, 2.05) is 0 Å². The van der Waals surface area contributed by atoms with Gasteiger partial charge in [-0.25, -0.2) is 4.79 Å². The van der Waals surface area contributed by atoms with Crippen LogP contribution in [0.3, 0.4) is 0 Å². The van der Waals surface area contributed by atoms with Gasteiger partial charge in [0.1, 0.15) is 67.1 Å². The van der Waals surface area contributed by atoms with Crippen LogP contribution >= 0.6 is 0 Å². The van der Waals surface area contributed by atoms with Gasteiger partial charge in [-0.2, -0.15) is 0 Å². The fourth-order valence-corrected chi connectivity index (χ4v) is 12.3. The van der Waals surface area contributed by atoms with E-state index in [4.69, 9.17) is 28.4 Å². The van der Waals surface area contributed by atoms with Crippen molar-refractivity contribution < 1.29 is 104 Å². The SMILES string of the molecule is CCCCCCCCCCC/C=C\C/C=C\CCCCCCCCCC(=O)NC(COC1OC(CO)C(OC2OC(CO)C(O)C(OC3(C(=O)O)CC(O)C(NC(C)=O)C(C(O)C(O)CO)O3)C2O)C(O)C1O)C(O)CCCCCCCCCCCCCCCC. The maximum absolute atomic E-state index is 13.5. The van der Waals surface area contributed by atoms with Gasteiger partial charge in [-0.05, 0) is 44.9 Å². The fraction of sp³-hybridized carbons (Fsp3) is 0.897. The normalized spacial score (nSPS) is 28.5. The second-order valence-electron chi connectivity index (χ2n) is 25.7. The molecule has 0 saturated carbocycles. The molecule has 14 N–H and O–H groups in total. The van der Waals surface area contributed by atoms with Crippen molar-refractivity contribution in [2.75, 3.05) is 26.4 Å². The first kappa shape index (κ1) is 82.4. The van der Waals surface area contributed by atoms with E-state index < -0.39 is 148 Å². The van der Waals surface area contributed by atoms with Crippen LogP contribution in [-0.4, -0.2) is 215 Å². The van der Waals surface area contributed by atoms with E-state index in [-0.39, 0.29) is 18.9 Å². The Labute approximate surface area is 543 Å². The zero-order valence-electron chi connectivity index (χ0n) is 55.4. The molecule has 532 valence electrons. The number of unbranched alkanes of at least 4 members (excludes halogenated alkanes) is 29. The molecular weight excluding hydrogens is 1180 g/mol. The quantitative estimate of drug-likeness (QED) is 0.0230. The van der Waals surface area contributed by atoms with E-state index >= 15 is 0 Å². The number of ether oxygens (including phenoxy) is 6. The number of allylic oxidation sites excluding steroid dienone is 4. The monoisotopic (exact) mass is 1300 g/mol. The minimum absolute atomic E-state index is 0.215. The minimum atomic E-state index is -3.08. The highest BCUT2D eigenvalue weighted by atomic mass is 16.8. The van der Waals surface area contributed by atoms with Crippen LogP contribution in [0.5, 0.6) is 0 Å². The molecule has 0 aromatic carbocycles. The van der Waals surface area contributed by atoms with Crippen LogP contribution in [0.2, 0.25) is 0 Å². The number of aliphatic hydroxyl groups is 11. The predicted octanol–water partition coefficient (Wildman–Crippen LogP) is 6.45. The van der Waals surface area contributed by atoms with Crippen LogP contribution in [-0.2, 0) is 42.8 Å². The van der Waals surface area contributed by atoms with Crippen molar-refractivity contribution in [3.8, 4) is 0 Å². The number of carboxylic acid groups (broad SMARTS) is 1. The zero-order valence-corrected chi connectivity index (χ0v) is 55.4. The van der Waals surface area contributed by atoms with Crippen LogP contribution in [0.25, 0.3) is 0 Å². The molecule has 0 aliphatic carbocycles. The van der Waals surface area contributed by atoms with Crippen molar-refractivity contribution in [3.05, 3.63) is 24.3 Å². The average molecular weight is 1310 g/mol. The van der Waals surface area contributed by atoms with Gasteiger partial charge in [-0.15, -0.1) is 0 Å². The Balaban J connectivity index is 1.58. The van der Waals surface area contributed by atoms with E-state index in [1.54, 1.807) is 0 Å². The van der Waals surface area contributed by atoms with Gasteiger partial charge < -0.3 is 100 Å². The van der Waals surface area contributed by atoms with E-state index in [9.17, 15) is 75.7 Å². The molecule has 0 aromatic rings. The number of aliphatic hydroxyl groups excluding tert-OH is 11. The molecule has 0 spiro atoms.